The van der Waals surface area contributed by atoms with Crippen molar-refractivity contribution in [1.82, 2.24) is 14.1 Å². The molecule has 1 aliphatic carbocycles. The minimum atomic E-state index is -4.16. The van der Waals surface area contributed by atoms with Gasteiger partial charge in [0.25, 0.3) is 0 Å². The van der Waals surface area contributed by atoms with Crippen LogP contribution in [-0.4, -0.2) is 78.4 Å². The van der Waals surface area contributed by atoms with Crippen LogP contribution in [0.1, 0.15) is 50.6 Å². The lowest BCUT2D eigenvalue weighted by Gasteiger charge is -2.47. The third-order valence-electron chi connectivity index (χ3n) is 8.47. The molecular formula is C28H34ClF2N3O4S. The second kappa shape index (κ2) is 11.0. The second-order valence-electron chi connectivity index (χ2n) is 11.0. The Labute approximate surface area is 233 Å². The van der Waals surface area contributed by atoms with Crippen molar-refractivity contribution in [3.05, 3.63) is 64.7 Å². The predicted molar refractivity (Wildman–Crippen MR) is 144 cm³/mol. The molecule has 3 aliphatic rings. The fourth-order valence-electron chi connectivity index (χ4n) is 6.43. The van der Waals surface area contributed by atoms with E-state index in [4.69, 9.17) is 11.6 Å². The SMILES string of the molecule is CC1CN(CCO)CCN1C(=O)C1(C2CCCC(c3cc(F)cc(F)c3)N2S(=O)(=O)c2ccc(Cl)cc2)CC1. The van der Waals surface area contributed by atoms with Crippen molar-refractivity contribution >= 4 is 27.5 Å². The number of aliphatic hydroxyl groups excluding tert-OH is 1. The Balaban J connectivity index is 1.54. The van der Waals surface area contributed by atoms with E-state index in [-0.39, 0.29) is 29.0 Å². The van der Waals surface area contributed by atoms with Crippen LogP contribution in [0.15, 0.2) is 47.4 Å². The van der Waals surface area contributed by atoms with Gasteiger partial charge in [-0.05, 0) is 81.0 Å². The summed E-state index contributed by atoms with van der Waals surface area (Å²) in [6, 6.07) is 7.42. The van der Waals surface area contributed by atoms with Crippen molar-refractivity contribution in [3.8, 4) is 0 Å². The molecule has 2 aromatic carbocycles. The van der Waals surface area contributed by atoms with Crippen LogP contribution in [0.25, 0.3) is 0 Å². The largest absolute Gasteiger partial charge is 0.395 e. The summed E-state index contributed by atoms with van der Waals surface area (Å²) >= 11 is 6.03. The van der Waals surface area contributed by atoms with Gasteiger partial charge in [0.15, 0.2) is 0 Å². The molecule has 0 aromatic heterocycles. The summed E-state index contributed by atoms with van der Waals surface area (Å²) in [5.41, 5.74) is -0.652. The van der Waals surface area contributed by atoms with Crippen LogP contribution in [0.5, 0.6) is 0 Å². The molecule has 0 radical (unpaired) electrons. The van der Waals surface area contributed by atoms with Crippen LogP contribution in [0, 0.1) is 17.0 Å². The average molecular weight is 582 g/mol. The zero-order chi connectivity index (χ0) is 27.9. The van der Waals surface area contributed by atoms with E-state index in [1.165, 1.54) is 40.7 Å². The minimum Gasteiger partial charge on any atom is -0.395 e. The highest BCUT2D eigenvalue weighted by Crippen LogP contribution is 2.57. The molecule has 2 heterocycles. The Morgan fingerprint density at radius 3 is 2.33 bits per heavy atom. The molecule has 3 fully saturated rings. The lowest BCUT2D eigenvalue weighted by Crippen LogP contribution is -2.60. The average Bonchev–Trinajstić information content (AvgIpc) is 3.70. The van der Waals surface area contributed by atoms with Gasteiger partial charge in [-0.2, -0.15) is 4.31 Å². The van der Waals surface area contributed by atoms with Crippen LogP contribution >= 0.6 is 11.6 Å². The maximum absolute atomic E-state index is 14.3. The molecule has 1 saturated carbocycles. The molecule has 3 unspecified atom stereocenters. The highest BCUT2D eigenvalue weighted by atomic mass is 35.5. The third kappa shape index (κ3) is 5.46. The third-order valence-corrected chi connectivity index (χ3v) is 10.7. The van der Waals surface area contributed by atoms with Crippen LogP contribution in [-0.2, 0) is 14.8 Å². The van der Waals surface area contributed by atoms with Crippen molar-refractivity contribution in [2.24, 2.45) is 5.41 Å². The van der Waals surface area contributed by atoms with E-state index in [1.807, 2.05) is 11.8 Å². The van der Waals surface area contributed by atoms with E-state index in [9.17, 15) is 27.1 Å². The number of hydrogen-bond donors (Lipinski definition) is 1. The number of halogens is 3. The van der Waals surface area contributed by atoms with Crippen molar-refractivity contribution < 1.29 is 27.1 Å². The number of rotatable bonds is 7. The fourth-order valence-corrected chi connectivity index (χ4v) is 8.48. The number of piperazine rings is 1. The van der Waals surface area contributed by atoms with Gasteiger partial charge in [0, 0.05) is 49.4 Å². The van der Waals surface area contributed by atoms with Crippen LogP contribution < -0.4 is 0 Å². The highest BCUT2D eigenvalue weighted by Gasteiger charge is 2.62. The molecule has 5 rings (SSSR count). The molecule has 1 N–H and O–H groups in total. The molecule has 39 heavy (non-hydrogen) atoms. The number of carbonyl (C=O) groups excluding carboxylic acids is 1. The van der Waals surface area contributed by atoms with Gasteiger partial charge in [-0.15, -0.1) is 0 Å². The van der Waals surface area contributed by atoms with E-state index in [1.54, 1.807) is 0 Å². The van der Waals surface area contributed by atoms with Gasteiger partial charge >= 0.3 is 0 Å². The van der Waals surface area contributed by atoms with Crippen molar-refractivity contribution in [2.45, 2.75) is 62.0 Å². The number of aliphatic hydroxyl groups is 1. The maximum atomic E-state index is 14.3. The Morgan fingerprint density at radius 1 is 1.08 bits per heavy atom. The van der Waals surface area contributed by atoms with E-state index in [0.29, 0.717) is 63.3 Å². The first-order valence-electron chi connectivity index (χ1n) is 13.5. The van der Waals surface area contributed by atoms with Gasteiger partial charge in [-0.1, -0.05) is 11.6 Å². The summed E-state index contributed by atoms with van der Waals surface area (Å²) in [5.74, 6) is -1.61. The number of sulfonamides is 1. The van der Waals surface area contributed by atoms with Gasteiger partial charge in [-0.25, -0.2) is 17.2 Å². The van der Waals surface area contributed by atoms with E-state index in [0.717, 1.165) is 6.07 Å². The quantitative estimate of drug-likeness (QED) is 0.530. The summed E-state index contributed by atoms with van der Waals surface area (Å²) in [7, 11) is -4.16. The van der Waals surface area contributed by atoms with E-state index < -0.39 is 39.2 Å². The number of β-amino-alcohol motifs (C(OH)–C–C–N with tert-alkyl or cyclic N) is 1. The molecule has 11 heteroatoms. The number of benzene rings is 2. The fraction of sp³-hybridized carbons (Fsp3) is 0.536. The topological polar surface area (TPSA) is 81.2 Å². The Hall–Kier alpha value is -2.11. The van der Waals surface area contributed by atoms with Gasteiger partial charge < -0.3 is 10.0 Å². The number of nitrogens with zero attached hydrogens (tertiary/aromatic N) is 3. The molecule has 7 nitrogen and oxygen atoms in total. The molecule has 212 valence electrons. The lowest BCUT2D eigenvalue weighted by atomic mass is 9.83. The van der Waals surface area contributed by atoms with Crippen molar-refractivity contribution in [3.63, 3.8) is 0 Å². The lowest BCUT2D eigenvalue weighted by molar-refractivity contribution is -0.144. The molecule has 3 atom stereocenters. The minimum absolute atomic E-state index is 0.0231. The zero-order valence-corrected chi connectivity index (χ0v) is 23.5. The van der Waals surface area contributed by atoms with Gasteiger partial charge in [0.1, 0.15) is 11.6 Å². The van der Waals surface area contributed by atoms with Gasteiger partial charge in [0.2, 0.25) is 15.9 Å². The normalized spacial score (nSPS) is 26.0. The summed E-state index contributed by atoms with van der Waals surface area (Å²) in [6.45, 7) is 4.32. The Bertz CT molecular complexity index is 1300. The Morgan fingerprint density at radius 2 is 1.74 bits per heavy atom. The number of amides is 1. The number of hydrogen-bond acceptors (Lipinski definition) is 5. The van der Waals surface area contributed by atoms with Crippen LogP contribution in [0.3, 0.4) is 0 Å². The van der Waals surface area contributed by atoms with E-state index >= 15 is 0 Å². The predicted octanol–water partition coefficient (Wildman–Crippen LogP) is 4.21. The van der Waals surface area contributed by atoms with Crippen molar-refractivity contribution in [2.75, 3.05) is 32.8 Å². The summed E-state index contributed by atoms with van der Waals surface area (Å²) in [4.78, 5) is 18.1. The zero-order valence-electron chi connectivity index (χ0n) is 21.9. The highest BCUT2D eigenvalue weighted by molar-refractivity contribution is 7.89. The first-order chi connectivity index (χ1) is 18.6. The smallest absolute Gasteiger partial charge is 0.243 e. The standard InChI is InChI=1S/C28H34ClF2N3O4S/c1-19-18-32(13-14-35)11-12-33(19)27(36)28(9-10-28)26-4-2-3-25(20-15-22(30)17-23(31)16-20)34(26)39(37,38)24-7-5-21(29)6-8-24/h5-8,15-17,19,25-26,35H,2-4,9-14,18H2,1H3. The van der Waals surface area contributed by atoms with Crippen LogP contribution in [0.4, 0.5) is 8.78 Å². The Kier molecular flexibility index (Phi) is 8.05. The maximum Gasteiger partial charge on any atom is 0.243 e. The molecule has 2 saturated heterocycles. The molecule has 1 amide bonds. The summed E-state index contributed by atoms with van der Waals surface area (Å²) in [5, 5.41) is 9.70. The van der Waals surface area contributed by atoms with Gasteiger partial charge in [0.05, 0.1) is 23.0 Å². The first kappa shape index (κ1) is 28.4. The van der Waals surface area contributed by atoms with Crippen molar-refractivity contribution in [1.29, 1.82) is 0 Å². The summed E-state index contributed by atoms with van der Waals surface area (Å²) in [6.07, 6.45) is 2.58. The molecule has 0 spiro atoms. The second-order valence-corrected chi connectivity index (χ2v) is 13.3. The van der Waals surface area contributed by atoms with Gasteiger partial charge in [-0.3, -0.25) is 9.69 Å². The molecule has 2 aliphatic heterocycles. The number of carbonyl (C=O) groups is 1. The van der Waals surface area contributed by atoms with Crippen LogP contribution in [0.2, 0.25) is 5.02 Å². The first-order valence-corrected chi connectivity index (χ1v) is 15.3. The monoisotopic (exact) mass is 581 g/mol. The van der Waals surface area contributed by atoms with E-state index in [2.05, 4.69) is 4.90 Å². The molecular weight excluding hydrogens is 548 g/mol. The molecule has 2 aromatic rings. The summed E-state index contributed by atoms with van der Waals surface area (Å²) < 4.78 is 58.5. The number of piperidine rings is 1. The molecule has 0 bridgehead atoms.